The first-order valence-electron chi connectivity index (χ1n) is 9.97. The summed E-state index contributed by atoms with van der Waals surface area (Å²) in [6, 6.07) is 10.9. The third kappa shape index (κ3) is 7.52. The molecule has 0 aliphatic rings. The van der Waals surface area contributed by atoms with E-state index in [0.717, 1.165) is 25.0 Å². The monoisotopic (exact) mass is 406 g/mol. The van der Waals surface area contributed by atoms with E-state index in [9.17, 15) is 13.5 Å². The van der Waals surface area contributed by atoms with Crippen LogP contribution in [0.15, 0.2) is 47.4 Å². The molecule has 0 unspecified atom stereocenters. The van der Waals surface area contributed by atoms with E-state index >= 15 is 0 Å². The van der Waals surface area contributed by atoms with Gasteiger partial charge in [-0.2, -0.15) is 8.42 Å². The topological polar surface area (TPSA) is 83.8 Å². The Morgan fingerprint density at radius 2 is 1.46 bits per heavy atom. The molecule has 0 aliphatic heterocycles. The summed E-state index contributed by atoms with van der Waals surface area (Å²) in [6.07, 6.45) is 11.3. The van der Waals surface area contributed by atoms with Crippen LogP contribution in [0.4, 0.5) is 0 Å². The van der Waals surface area contributed by atoms with Crippen LogP contribution in [0.2, 0.25) is 0 Å². The minimum Gasteiger partial charge on any atom is -0.504 e. The lowest BCUT2D eigenvalue weighted by Gasteiger charge is -2.09. The van der Waals surface area contributed by atoms with Crippen LogP contribution in [0.3, 0.4) is 0 Å². The average Bonchev–Trinajstić information content (AvgIpc) is 2.66. The van der Waals surface area contributed by atoms with E-state index in [1.54, 1.807) is 12.1 Å². The van der Waals surface area contributed by atoms with Gasteiger partial charge < -0.3 is 9.84 Å². The Bertz CT molecular complexity index is 829. The lowest BCUT2D eigenvalue weighted by molar-refractivity contribution is 0.409. The highest BCUT2D eigenvalue weighted by Gasteiger charge is 2.14. The number of benzene rings is 2. The van der Waals surface area contributed by atoms with Crippen molar-refractivity contribution in [3.05, 3.63) is 48.0 Å². The molecule has 0 heterocycles. The third-order valence-electron chi connectivity index (χ3n) is 4.70. The molecule has 6 heteroatoms. The number of aromatic hydroxyl groups is 1. The maximum atomic E-state index is 11.2. The van der Waals surface area contributed by atoms with Crippen molar-refractivity contribution < 1.29 is 22.8 Å². The van der Waals surface area contributed by atoms with Crippen LogP contribution in [-0.4, -0.2) is 18.1 Å². The molecule has 2 aromatic rings. The highest BCUT2D eigenvalue weighted by atomic mass is 32.2. The van der Waals surface area contributed by atoms with E-state index < -0.39 is 10.1 Å². The van der Waals surface area contributed by atoms with Crippen LogP contribution in [0, 0.1) is 0 Å². The molecule has 0 aliphatic carbocycles. The molecular formula is C22H30O5S. The zero-order chi connectivity index (χ0) is 20.4. The molecule has 2 aromatic carbocycles. The highest BCUT2D eigenvalue weighted by Crippen LogP contribution is 2.33. The summed E-state index contributed by atoms with van der Waals surface area (Å²) < 4.78 is 37.1. The summed E-state index contributed by atoms with van der Waals surface area (Å²) in [5.41, 5.74) is 1.22. The predicted octanol–water partition coefficient (Wildman–Crippen LogP) is 6.11. The molecule has 0 bridgehead atoms. The van der Waals surface area contributed by atoms with Gasteiger partial charge in [0.15, 0.2) is 11.5 Å². The fraction of sp³-hybridized carbons (Fsp3) is 0.455. The Hall–Kier alpha value is -2.05. The molecule has 2 rings (SSSR count). The van der Waals surface area contributed by atoms with E-state index in [4.69, 9.17) is 9.29 Å². The van der Waals surface area contributed by atoms with Crippen molar-refractivity contribution in [3.8, 4) is 17.2 Å². The van der Waals surface area contributed by atoms with Crippen molar-refractivity contribution in [1.29, 1.82) is 0 Å². The van der Waals surface area contributed by atoms with Gasteiger partial charge in [-0.1, -0.05) is 64.0 Å². The standard InChI is InChI=1S/C22H30O5S/c1-2-3-4-5-6-7-8-9-10-18-11-13-19(14-12-18)27-22-17-20(28(24,25)26)15-16-21(22)23/h11-17,23H,2-10H2,1H3,(H,24,25,26). The molecule has 0 atom stereocenters. The molecule has 2 N–H and O–H groups in total. The Morgan fingerprint density at radius 3 is 2.07 bits per heavy atom. The van der Waals surface area contributed by atoms with E-state index in [-0.39, 0.29) is 16.4 Å². The SMILES string of the molecule is CCCCCCCCCCc1ccc(Oc2cc(S(=O)(=O)O)ccc2O)cc1. The lowest BCUT2D eigenvalue weighted by atomic mass is 10.0. The second-order valence-corrected chi connectivity index (χ2v) is 8.50. The molecule has 0 amide bonds. The lowest BCUT2D eigenvalue weighted by Crippen LogP contribution is -1.98. The van der Waals surface area contributed by atoms with E-state index in [0.29, 0.717) is 5.75 Å². The molecule has 0 saturated carbocycles. The normalized spacial score (nSPS) is 11.5. The summed E-state index contributed by atoms with van der Waals surface area (Å²) in [7, 11) is -4.35. The van der Waals surface area contributed by atoms with Gasteiger partial charge in [0, 0.05) is 6.07 Å². The number of phenolic OH excluding ortho intramolecular Hbond substituents is 1. The number of aryl methyl sites for hydroxylation is 1. The van der Waals surface area contributed by atoms with Gasteiger partial charge in [-0.05, 0) is 42.7 Å². The summed E-state index contributed by atoms with van der Waals surface area (Å²) in [6.45, 7) is 2.23. The largest absolute Gasteiger partial charge is 0.504 e. The Morgan fingerprint density at radius 1 is 0.857 bits per heavy atom. The highest BCUT2D eigenvalue weighted by molar-refractivity contribution is 7.85. The first kappa shape index (κ1) is 22.2. The van der Waals surface area contributed by atoms with Crippen LogP contribution in [0.5, 0.6) is 17.2 Å². The van der Waals surface area contributed by atoms with Gasteiger partial charge in [0.1, 0.15) is 5.75 Å². The number of rotatable bonds is 12. The molecule has 154 valence electrons. The van der Waals surface area contributed by atoms with Gasteiger partial charge in [0.25, 0.3) is 10.1 Å². The Balaban J connectivity index is 1.82. The number of hydrogen-bond acceptors (Lipinski definition) is 4. The zero-order valence-electron chi connectivity index (χ0n) is 16.4. The molecule has 0 fully saturated rings. The number of hydrogen-bond donors (Lipinski definition) is 2. The van der Waals surface area contributed by atoms with Gasteiger partial charge in [-0.25, -0.2) is 0 Å². The molecule has 0 radical (unpaired) electrons. The number of ether oxygens (including phenoxy) is 1. The van der Waals surface area contributed by atoms with E-state index in [1.807, 2.05) is 12.1 Å². The maximum absolute atomic E-state index is 11.2. The number of unbranched alkanes of at least 4 members (excludes halogenated alkanes) is 7. The Labute approximate surface area is 168 Å². The third-order valence-corrected chi connectivity index (χ3v) is 5.55. The van der Waals surface area contributed by atoms with E-state index in [2.05, 4.69) is 6.92 Å². The first-order chi connectivity index (χ1) is 13.4. The van der Waals surface area contributed by atoms with Gasteiger partial charge in [-0.15, -0.1) is 0 Å². The van der Waals surface area contributed by atoms with Crippen LogP contribution < -0.4 is 4.74 Å². The minimum atomic E-state index is -4.35. The van der Waals surface area contributed by atoms with Gasteiger partial charge in [0.05, 0.1) is 4.90 Å². The maximum Gasteiger partial charge on any atom is 0.294 e. The summed E-state index contributed by atoms with van der Waals surface area (Å²) in [4.78, 5) is -0.327. The molecule has 0 saturated heterocycles. The molecular weight excluding hydrogens is 376 g/mol. The van der Waals surface area contributed by atoms with Crippen molar-refractivity contribution in [2.75, 3.05) is 0 Å². The van der Waals surface area contributed by atoms with Crippen molar-refractivity contribution in [2.45, 2.75) is 69.6 Å². The predicted molar refractivity (Wildman–Crippen MR) is 111 cm³/mol. The summed E-state index contributed by atoms with van der Waals surface area (Å²) >= 11 is 0. The Kier molecular flexibility index (Phi) is 8.80. The van der Waals surface area contributed by atoms with Crippen molar-refractivity contribution in [2.24, 2.45) is 0 Å². The number of phenols is 1. The fourth-order valence-electron chi connectivity index (χ4n) is 3.05. The van der Waals surface area contributed by atoms with Crippen molar-refractivity contribution in [1.82, 2.24) is 0 Å². The average molecular weight is 407 g/mol. The van der Waals surface area contributed by atoms with Crippen LogP contribution in [0.1, 0.15) is 63.9 Å². The molecule has 28 heavy (non-hydrogen) atoms. The van der Waals surface area contributed by atoms with Crippen molar-refractivity contribution in [3.63, 3.8) is 0 Å². The van der Waals surface area contributed by atoms with Crippen LogP contribution in [-0.2, 0) is 16.5 Å². The van der Waals surface area contributed by atoms with Crippen LogP contribution in [0.25, 0.3) is 0 Å². The van der Waals surface area contributed by atoms with Crippen molar-refractivity contribution >= 4 is 10.1 Å². The summed E-state index contributed by atoms with van der Waals surface area (Å²) in [5.74, 6) is 0.267. The minimum absolute atomic E-state index is 0.0223. The molecule has 5 nitrogen and oxygen atoms in total. The molecule has 0 aromatic heterocycles. The quantitative estimate of drug-likeness (QED) is 0.328. The van der Waals surface area contributed by atoms with Gasteiger partial charge in [-0.3, -0.25) is 4.55 Å². The fourth-order valence-corrected chi connectivity index (χ4v) is 3.55. The van der Waals surface area contributed by atoms with Gasteiger partial charge >= 0.3 is 0 Å². The second kappa shape index (κ2) is 11.1. The first-order valence-corrected chi connectivity index (χ1v) is 11.4. The van der Waals surface area contributed by atoms with E-state index in [1.165, 1.54) is 56.6 Å². The smallest absolute Gasteiger partial charge is 0.294 e. The molecule has 0 spiro atoms. The zero-order valence-corrected chi connectivity index (χ0v) is 17.2. The van der Waals surface area contributed by atoms with Gasteiger partial charge in [0.2, 0.25) is 0 Å². The van der Waals surface area contributed by atoms with Crippen LogP contribution >= 0.6 is 0 Å². The second-order valence-electron chi connectivity index (χ2n) is 7.08. The summed E-state index contributed by atoms with van der Waals surface area (Å²) in [5, 5.41) is 9.85.